The first-order valence-electron chi connectivity index (χ1n) is 4.14. The van der Waals surface area contributed by atoms with Gasteiger partial charge in [-0.3, -0.25) is 9.69 Å². The number of carbonyl (C=O) groups excluding carboxylic acids is 2. The van der Waals surface area contributed by atoms with Crippen LogP contribution in [-0.4, -0.2) is 40.8 Å². The predicted molar refractivity (Wildman–Crippen MR) is 40.3 cm³/mol. The molecule has 0 bridgehead atoms. The Labute approximate surface area is 79.4 Å². The molecule has 0 aromatic rings. The van der Waals surface area contributed by atoms with E-state index in [4.69, 9.17) is 9.84 Å². The molecular weight excluding hydrogens is 190 g/mol. The van der Waals surface area contributed by atoms with Gasteiger partial charge in [-0.1, -0.05) is 0 Å². The Morgan fingerprint density at radius 3 is 3.00 bits per heavy atom. The number of carbonyl (C=O) groups is 2. The molecule has 0 radical (unpaired) electrons. The normalized spacial score (nSPS) is 32.5. The number of carboxylic acids is 1. The third-order valence-electron chi connectivity index (χ3n) is 2.28. The fourth-order valence-corrected chi connectivity index (χ4v) is 1.65. The number of carboxylic acid groups (broad SMARTS) is 1. The topological polar surface area (TPSA) is 89.9 Å². The second kappa shape index (κ2) is 2.98. The number of ether oxygens (including phenoxy) is 1. The Bertz CT molecular complexity index is 324. The van der Waals surface area contributed by atoms with E-state index in [1.807, 2.05) is 0 Å². The summed E-state index contributed by atoms with van der Waals surface area (Å²) in [5.41, 5.74) is 0. The van der Waals surface area contributed by atoms with Crippen molar-refractivity contribution in [2.75, 3.05) is 6.61 Å². The van der Waals surface area contributed by atoms with Crippen molar-refractivity contribution >= 4 is 11.9 Å². The molecule has 1 N–H and O–H groups in total. The highest BCUT2D eigenvalue weighted by Crippen LogP contribution is 2.35. The lowest BCUT2D eigenvalue weighted by atomic mass is 10.1. The molecule has 14 heavy (non-hydrogen) atoms. The Hall–Kier alpha value is -1.56. The first-order valence-corrected chi connectivity index (χ1v) is 4.14. The molecule has 0 saturated carbocycles. The fraction of sp³-hybridized carbons (Fsp3) is 0.500. The summed E-state index contributed by atoms with van der Waals surface area (Å²) in [5, 5.41) is 19.3. The Balaban J connectivity index is 2.26. The van der Waals surface area contributed by atoms with Gasteiger partial charge in [0.15, 0.2) is 6.23 Å². The third kappa shape index (κ3) is 1.07. The van der Waals surface area contributed by atoms with E-state index in [2.05, 4.69) is 0 Å². The minimum Gasteiger partial charge on any atom is -0.547 e. The van der Waals surface area contributed by atoms with Gasteiger partial charge in [0.25, 0.3) is 0 Å². The Morgan fingerprint density at radius 2 is 2.50 bits per heavy atom. The standard InChI is InChI=1S/C8H9NO5/c10-2-1-4-7(8(12)13)9-5(11)3-6(9)14-4/h1,6-7,10H,2-3H2,(H,12,13)/p-1/b4-1+/t6-,7+/m0/s1. The number of aliphatic carboxylic acids is 1. The highest BCUT2D eigenvalue weighted by atomic mass is 16.5. The lowest BCUT2D eigenvalue weighted by molar-refractivity contribution is -0.310. The number of β-lactam (4-membered cyclic amide) rings is 1. The number of fused-ring (bicyclic) bond motifs is 1. The van der Waals surface area contributed by atoms with E-state index >= 15 is 0 Å². The number of nitrogens with zero attached hydrogens (tertiary/aromatic N) is 1. The van der Waals surface area contributed by atoms with Crippen LogP contribution in [0.2, 0.25) is 0 Å². The minimum atomic E-state index is -1.39. The molecule has 0 unspecified atom stereocenters. The van der Waals surface area contributed by atoms with E-state index in [9.17, 15) is 14.7 Å². The van der Waals surface area contributed by atoms with Gasteiger partial charge in [-0.05, 0) is 6.08 Å². The van der Waals surface area contributed by atoms with Crippen LogP contribution in [0.4, 0.5) is 0 Å². The van der Waals surface area contributed by atoms with Crippen molar-refractivity contribution < 1.29 is 24.5 Å². The number of hydrogen-bond acceptors (Lipinski definition) is 5. The van der Waals surface area contributed by atoms with Crippen LogP contribution in [0.25, 0.3) is 0 Å². The Kier molecular flexibility index (Phi) is 1.92. The quantitative estimate of drug-likeness (QED) is 0.498. The van der Waals surface area contributed by atoms with Gasteiger partial charge in [0.1, 0.15) is 11.8 Å². The highest BCUT2D eigenvalue weighted by Gasteiger charge is 2.50. The molecule has 6 heteroatoms. The van der Waals surface area contributed by atoms with E-state index < -0.39 is 18.2 Å². The number of aliphatic hydroxyl groups is 1. The van der Waals surface area contributed by atoms with Gasteiger partial charge in [-0.25, -0.2) is 0 Å². The largest absolute Gasteiger partial charge is 0.547 e. The summed E-state index contributed by atoms with van der Waals surface area (Å²) in [5.74, 6) is -1.57. The molecule has 2 rings (SSSR count). The molecule has 0 spiro atoms. The van der Waals surface area contributed by atoms with E-state index in [1.54, 1.807) is 0 Å². The van der Waals surface area contributed by atoms with Crippen LogP contribution in [0.1, 0.15) is 6.42 Å². The van der Waals surface area contributed by atoms with Crippen molar-refractivity contribution in [1.29, 1.82) is 0 Å². The van der Waals surface area contributed by atoms with Crippen LogP contribution in [0.3, 0.4) is 0 Å². The average Bonchev–Trinajstić information content (AvgIpc) is 2.39. The molecule has 0 aromatic carbocycles. The lowest BCUT2D eigenvalue weighted by Gasteiger charge is -2.35. The van der Waals surface area contributed by atoms with Crippen LogP contribution in [0.15, 0.2) is 11.8 Å². The summed E-state index contributed by atoms with van der Waals surface area (Å²) < 4.78 is 5.13. The van der Waals surface area contributed by atoms with Crippen molar-refractivity contribution in [3.8, 4) is 0 Å². The van der Waals surface area contributed by atoms with Gasteiger partial charge in [-0.15, -0.1) is 0 Å². The predicted octanol–water partition coefficient (Wildman–Crippen LogP) is -2.43. The van der Waals surface area contributed by atoms with Gasteiger partial charge >= 0.3 is 0 Å². The monoisotopic (exact) mass is 198 g/mol. The number of amides is 1. The molecule has 2 saturated heterocycles. The van der Waals surface area contributed by atoms with Crippen LogP contribution in [0, 0.1) is 0 Å². The average molecular weight is 198 g/mol. The summed E-state index contributed by atoms with van der Waals surface area (Å²) in [6, 6.07) is -1.17. The Morgan fingerprint density at radius 1 is 1.79 bits per heavy atom. The molecule has 76 valence electrons. The molecular formula is C8H8NO5-. The van der Waals surface area contributed by atoms with Crippen molar-refractivity contribution in [2.24, 2.45) is 0 Å². The molecule has 0 aromatic heterocycles. The third-order valence-corrected chi connectivity index (χ3v) is 2.28. The SMILES string of the molecule is O=C([O-])[C@H]1/C(=C\CO)O[C@H]2CC(=O)N21. The smallest absolute Gasteiger partial charge is 0.232 e. The summed E-state index contributed by atoms with van der Waals surface area (Å²) in [6.07, 6.45) is 0.918. The fourth-order valence-electron chi connectivity index (χ4n) is 1.65. The zero-order valence-corrected chi connectivity index (χ0v) is 7.17. The molecule has 0 aliphatic carbocycles. The van der Waals surface area contributed by atoms with E-state index in [0.717, 1.165) is 4.90 Å². The van der Waals surface area contributed by atoms with Crippen molar-refractivity contribution in [3.05, 3.63) is 11.8 Å². The first-order chi connectivity index (χ1) is 6.65. The van der Waals surface area contributed by atoms with E-state index in [1.165, 1.54) is 6.08 Å². The maximum atomic E-state index is 11.0. The zero-order chi connectivity index (χ0) is 10.3. The van der Waals surface area contributed by atoms with E-state index in [-0.39, 0.29) is 24.7 Å². The van der Waals surface area contributed by atoms with Crippen molar-refractivity contribution in [1.82, 2.24) is 4.90 Å². The summed E-state index contributed by atoms with van der Waals surface area (Å²) in [4.78, 5) is 22.9. The first kappa shape index (κ1) is 9.01. The molecule has 2 heterocycles. The molecule has 2 aliphatic rings. The lowest BCUT2D eigenvalue weighted by Crippen LogP contribution is -2.57. The second-order valence-electron chi connectivity index (χ2n) is 3.09. The van der Waals surface area contributed by atoms with Gasteiger partial charge in [0.05, 0.1) is 19.0 Å². The van der Waals surface area contributed by atoms with Crippen LogP contribution >= 0.6 is 0 Å². The van der Waals surface area contributed by atoms with Gasteiger partial charge < -0.3 is 19.7 Å². The van der Waals surface area contributed by atoms with Gasteiger partial charge in [0, 0.05) is 0 Å². The maximum absolute atomic E-state index is 11.0. The molecule has 2 fully saturated rings. The number of hydrogen-bond donors (Lipinski definition) is 1. The summed E-state index contributed by atoms with van der Waals surface area (Å²) >= 11 is 0. The second-order valence-corrected chi connectivity index (χ2v) is 3.09. The van der Waals surface area contributed by atoms with Gasteiger partial charge in [-0.2, -0.15) is 0 Å². The molecule has 2 aliphatic heterocycles. The number of rotatable bonds is 2. The van der Waals surface area contributed by atoms with Crippen molar-refractivity contribution in [3.63, 3.8) is 0 Å². The van der Waals surface area contributed by atoms with Crippen LogP contribution in [-0.2, 0) is 14.3 Å². The van der Waals surface area contributed by atoms with Gasteiger partial charge in [0.2, 0.25) is 5.91 Å². The maximum Gasteiger partial charge on any atom is 0.232 e. The number of aliphatic hydroxyl groups excluding tert-OH is 1. The summed E-state index contributed by atoms with van der Waals surface area (Å²) in [6.45, 7) is -0.326. The highest BCUT2D eigenvalue weighted by molar-refractivity contribution is 5.90. The van der Waals surface area contributed by atoms with E-state index in [0.29, 0.717) is 0 Å². The molecule has 2 atom stereocenters. The summed E-state index contributed by atoms with van der Waals surface area (Å²) in [7, 11) is 0. The van der Waals surface area contributed by atoms with Crippen LogP contribution < -0.4 is 5.11 Å². The zero-order valence-electron chi connectivity index (χ0n) is 7.17. The van der Waals surface area contributed by atoms with Crippen LogP contribution in [0.5, 0.6) is 0 Å². The van der Waals surface area contributed by atoms with Crippen molar-refractivity contribution in [2.45, 2.75) is 18.7 Å². The minimum absolute atomic E-state index is 0.0864. The molecule has 1 amide bonds. The molecule has 6 nitrogen and oxygen atoms in total.